The van der Waals surface area contributed by atoms with Crippen LogP contribution in [0.15, 0.2) is 54.9 Å². The molecule has 0 radical (unpaired) electrons. The third kappa shape index (κ3) is 4.96. The van der Waals surface area contributed by atoms with E-state index in [9.17, 15) is 13.2 Å². The number of alkyl halides is 3. The zero-order valence-corrected chi connectivity index (χ0v) is 20.0. The molecule has 2 saturated heterocycles. The maximum atomic E-state index is 13.1. The molecule has 2 aliphatic heterocycles. The first-order chi connectivity index (χ1) is 17.8. The second-order valence-electron chi connectivity index (χ2n) is 9.44. The maximum Gasteiger partial charge on any atom is 0.433 e. The fourth-order valence-corrected chi connectivity index (χ4v) is 5.01. The fraction of sp³-hybridized carbons (Fsp3) is 0.346. The number of nitrogens with one attached hydrogen (secondary N) is 2. The van der Waals surface area contributed by atoms with Crippen LogP contribution >= 0.6 is 0 Å². The van der Waals surface area contributed by atoms with Gasteiger partial charge in [0.2, 0.25) is 0 Å². The van der Waals surface area contributed by atoms with Gasteiger partial charge in [0.05, 0.1) is 24.9 Å². The second-order valence-corrected chi connectivity index (χ2v) is 9.44. The highest BCUT2D eigenvalue weighted by molar-refractivity contribution is 5.85. The summed E-state index contributed by atoms with van der Waals surface area (Å²) >= 11 is 0. The minimum Gasteiger partial charge on any atom is -0.488 e. The van der Waals surface area contributed by atoms with Crippen LogP contribution in [0.3, 0.4) is 0 Å². The molecule has 2 fully saturated rings. The van der Waals surface area contributed by atoms with Gasteiger partial charge < -0.3 is 20.1 Å². The molecule has 2 aliphatic rings. The first-order valence-electron chi connectivity index (χ1n) is 12.1. The van der Waals surface area contributed by atoms with Crippen molar-refractivity contribution in [3.05, 3.63) is 66.2 Å². The number of nitrogens with zero attached hydrogens (tertiary/aromatic N) is 4. The summed E-state index contributed by atoms with van der Waals surface area (Å²) < 4.78 is 53.1. The molecule has 0 saturated carbocycles. The van der Waals surface area contributed by atoms with Gasteiger partial charge in [0.25, 0.3) is 0 Å². The van der Waals surface area contributed by atoms with Crippen molar-refractivity contribution in [1.29, 1.82) is 0 Å². The third-order valence-corrected chi connectivity index (χ3v) is 6.59. The maximum absolute atomic E-state index is 13.1. The highest BCUT2D eigenvalue weighted by atomic mass is 19.4. The van der Waals surface area contributed by atoms with Crippen molar-refractivity contribution in [2.24, 2.45) is 0 Å². The fourth-order valence-electron chi connectivity index (χ4n) is 5.01. The Balaban J connectivity index is 1.32. The van der Waals surface area contributed by atoms with Gasteiger partial charge in [0, 0.05) is 54.0 Å². The Kier molecular flexibility index (Phi) is 5.96. The van der Waals surface area contributed by atoms with Crippen LogP contribution < -0.4 is 15.4 Å². The number of hydrogen-bond donors (Lipinski definition) is 2. The molecule has 6 heterocycles. The Hall–Kier alpha value is -3.70. The van der Waals surface area contributed by atoms with Gasteiger partial charge >= 0.3 is 6.18 Å². The molecular formula is C26H25F3N6O2. The predicted octanol–water partition coefficient (Wildman–Crippen LogP) is 4.76. The summed E-state index contributed by atoms with van der Waals surface area (Å²) in [6, 6.07) is 11.9. The van der Waals surface area contributed by atoms with E-state index < -0.39 is 11.9 Å². The lowest BCUT2D eigenvalue weighted by molar-refractivity contribution is -0.141. The highest BCUT2D eigenvalue weighted by Gasteiger charge is 2.34. The van der Waals surface area contributed by atoms with Crippen LogP contribution in [0.5, 0.6) is 5.75 Å². The number of rotatable bonds is 5. The zero-order chi connectivity index (χ0) is 25.6. The molecule has 0 amide bonds. The molecule has 0 aromatic carbocycles. The van der Waals surface area contributed by atoms with E-state index in [1.807, 2.05) is 25.1 Å². The molecule has 8 nitrogen and oxygen atoms in total. The Morgan fingerprint density at radius 3 is 2.65 bits per heavy atom. The molecule has 6 rings (SSSR count). The number of aryl methyl sites for hydroxylation is 1. The van der Waals surface area contributed by atoms with Crippen LogP contribution in [0.1, 0.15) is 24.2 Å². The minimum absolute atomic E-state index is 0.0391. The molecule has 4 aromatic heterocycles. The average molecular weight is 511 g/mol. The largest absolute Gasteiger partial charge is 0.488 e. The van der Waals surface area contributed by atoms with Crippen molar-refractivity contribution >= 4 is 17.2 Å². The summed E-state index contributed by atoms with van der Waals surface area (Å²) in [6.07, 6.45) is 0.741. The van der Waals surface area contributed by atoms with Crippen molar-refractivity contribution in [3.8, 4) is 16.9 Å². The van der Waals surface area contributed by atoms with E-state index in [1.165, 1.54) is 12.1 Å². The molecule has 192 valence electrons. The van der Waals surface area contributed by atoms with E-state index in [0.29, 0.717) is 24.8 Å². The van der Waals surface area contributed by atoms with Gasteiger partial charge in [-0.25, -0.2) is 9.50 Å². The van der Waals surface area contributed by atoms with Gasteiger partial charge in [0.1, 0.15) is 23.4 Å². The predicted molar refractivity (Wildman–Crippen MR) is 131 cm³/mol. The molecule has 2 N–H and O–H groups in total. The van der Waals surface area contributed by atoms with Crippen molar-refractivity contribution < 1.29 is 22.6 Å². The standard InChI is InChI=1S/C26H25F3N6O2/c1-15-8-20(22(12-30-15)37-18-9-16-13-36-14-17(10-18)31-16)19-4-3-7-35-21(19)11-25(34-35)33-24-6-2-5-23(32-24)26(27,28)29/h2-8,11-12,16-18,31H,9-10,13-14H2,1H3,(H,32,33,34). The van der Waals surface area contributed by atoms with Crippen LogP contribution in [0, 0.1) is 6.92 Å². The van der Waals surface area contributed by atoms with Crippen molar-refractivity contribution in [2.75, 3.05) is 18.5 Å². The van der Waals surface area contributed by atoms with Crippen molar-refractivity contribution in [2.45, 2.75) is 44.1 Å². The monoisotopic (exact) mass is 510 g/mol. The van der Waals surface area contributed by atoms with Crippen LogP contribution in [0.25, 0.3) is 16.6 Å². The molecule has 0 spiro atoms. The van der Waals surface area contributed by atoms with Gasteiger partial charge in [-0.15, -0.1) is 0 Å². The number of morpholine rings is 1. The second kappa shape index (κ2) is 9.31. The molecule has 11 heteroatoms. The quantitative estimate of drug-likeness (QED) is 0.400. The Morgan fingerprint density at radius 2 is 1.86 bits per heavy atom. The van der Waals surface area contributed by atoms with Crippen LogP contribution in [-0.4, -0.2) is 51.0 Å². The number of halogens is 3. The van der Waals surface area contributed by atoms with Crippen molar-refractivity contribution in [3.63, 3.8) is 0 Å². The highest BCUT2D eigenvalue weighted by Crippen LogP contribution is 2.36. The normalized spacial score (nSPS) is 21.7. The van der Waals surface area contributed by atoms with Gasteiger partial charge in [0.15, 0.2) is 5.82 Å². The number of ether oxygens (including phenoxy) is 2. The van der Waals surface area contributed by atoms with Crippen LogP contribution in [0.4, 0.5) is 24.8 Å². The van der Waals surface area contributed by atoms with Crippen LogP contribution in [-0.2, 0) is 10.9 Å². The van der Waals surface area contributed by atoms with E-state index in [1.54, 1.807) is 23.0 Å². The van der Waals surface area contributed by atoms with E-state index >= 15 is 0 Å². The summed E-state index contributed by atoms with van der Waals surface area (Å²) in [4.78, 5) is 8.15. The first kappa shape index (κ1) is 23.7. The van der Waals surface area contributed by atoms with Gasteiger partial charge in [-0.2, -0.15) is 18.3 Å². The van der Waals surface area contributed by atoms with E-state index in [2.05, 4.69) is 25.7 Å². The number of pyridine rings is 3. The van der Waals surface area contributed by atoms with E-state index in [-0.39, 0.29) is 24.0 Å². The lowest BCUT2D eigenvalue weighted by Gasteiger charge is -2.40. The molecule has 2 atom stereocenters. The molecule has 0 aliphatic carbocycles. The molecule has 4 aromatic rings. The van der Waals surface area contributed by atoms with E-state index in [4.69, 9.17) is 9.47 Å². The molecular weight excluding hydrogens is 485 g/mol. The molecule has 2 bridgehead atoms. The SMILES string of the molecule is Cc1cc(-c2cccn3nc(Nc4cccc(C(F)(F)F)n4)cc23)c(OC2CC3COCC(C2)N3)cn1. The topological polar surface area (TPSA) is 85.6 Å². The number of piperidine rings is 1. The van der Waals surface area contributed by atoms with Crippen molar-refractivity contribution in [1.82, 2.24) is 24.9 Å². The van der Waals surface area contributed by atoms with Gasteiger partial charge in [-0.05, 0) is 31.2 Å². The first-order valence-corrected chi connectivity index (χ1v) is 12.1. The summed E-state index contributed by atoms with van der Waals surface area (Å²) in [5.74, 6) is 1.11. The summed E-state index contributed by atoms with van der Waals surface area (Å²) in [6.45, 7) is 3.28. The summed E-state index contributed by atoms with van der Waals surface area (Å²) in [5, 5.41) is 11.0. The number of fused-ring (bicyclic) bond motifs is 3. The van der Waals surface area contributed by atoms with Crippen LogP contribution in [0.2, 0.25) is 0 Å². The third-order valence-electron chi connectivity index (χ3n) is 6.59. The Labute approximate surface area is 210 Å². The molecule has 2 unspecified atom stereocenters. The van der Waals surface area contributed by atoms with E-state index in [0.717, 1.165) is 41.2 Å². The minimum atomic E-state index is -4.53. The number of aromatic nitrogens is 4. The smallest absolute Gasteiger partial charge is 0.433 e. The number of hydrogen-bond acceptors (Lipinski definition) is 7. The van der Waals surface area contributed by atoms with Gasteiger partial charge in [-0.1, -0.05) is 12.1 Å². The average Bonchev–Trinajstić information content (AvgIpc) is 3.27. The lowest BCUT2D eigenvalue weighted by Crippen LogP contribution is -2.56. The Morgan fingerprint density at radius 1 is 1.05 bits per heavy atom. The molecule has 37 heavy (non-hydrogen) atoms. The Bertz CT molecular complexity index is 1430. The summed E-state index contributed by atoms with van der Waals surface area (Å²) in [5.41, 5.74) is 2.39. The number of anilines is 2. The lowest BCUT2D eigenvalue weighted by atomic mass is 9.94. The van der Waals surface area contributed by atoms with Gasteiger partial charge in [-0.3, -0.25) is 4.98 Å². The zero-order valence-electron chi connectivity index (χ0n) is 20.0. The summed E-state index contributed by atoms with van der Waals surface area (Å²) in [7, 11) is 0.